The first kappa shape index (κ1) is 9.93. The van der Waals surface area contributed by atoms with E-state index in [4.69, 9.17) is 0 Å². The van der Waals surface area contributed by atoms with Crippen LogP contribution in [0.15, 0.2) is 24.4 Å². The summed E-state index contributed by atoms with van der Waals surface area (Å²) in [7, 11) is 0. The lowest BCUT2D eigenvalue weighted by Crippen LogP contribution is -2.30. The maximum absolute atomic E-state index is 4.58. The summed E-state index contributed by atoms with van der Waals surface area (Å²) in [5.41, 5.74) is 2.34. The average Bonchev–Trinajstić information content (AvgIpc) is 2.70. The van der Waals surface area contributed by atoms with Gasteiger partial charge in [0.15, 0.2) is 0 Å². The molecule has 3 nitrogen and oxygen atoms in total. The Balaban J connectivity index is 2.05. The van der Waals surface area contributed by atoms with Gasteiger partial charge in [0.2, 0.25) is 0 Å². The molecule has 0 saturated heterocycles. The fourth-order valence-electron chi connectivity index (χ4n) is 2.10. The van der Waals surface area contributed by atoms with Crippen LogP contribution in [0.5, 0.6) is 0 Å². The van der Waals surface area contributed by atoms with E-state index >= 15 is 0 Å². The second-order valence-corrected chi connectivity index (χ2v) is 5.17. The van der Waals surface area contributed by atoms with Crippen LogP contribution in [0.4, 0.5) is 0 Å². The van der Waals surface area contributed by atoms with Gasteiger partial charge in [0.05, 0.1) is 27.3 Å². The SMILES string of the molecule is Cc1nc2c(s1)C(c1ccccn1)NCC2. The van der Waals surface area contributed by atoms with Gasteiger partial charge in [0, 0.05) is 19.2 Å². The summed E-state index contributed by atoms with van der Waals surface area (Å²) < 4.78 is 0. The Bertz CT molecular complexity index is 492. The van der Waals surface area contributed by atoms with E-state index in [1.54, 1.807) is 11.3 Å². The van der Waals surface area contributed by atoms with Gasteiger partial charge >= 0.3 is 0 Å². The summed E-state index contributed by atoms with van der Waals surface area (Å²) in [6.07, 6.45) is 2.88. The van der Waals surface area contributed by atoms with Crippen LogP contribution in [-0.4, -0.2) is 16.5 Å². The lowest BCUT2D eigenvalue weighted by molar-refractivity contribution is 0.560. The number of thiazole rings is 1. The fraction of sp³-hybridized carbons (Fsp3) is 0.333. The Morgan fingerprint density at radius 1 is 1.44 bits per heavy atom. The Kier molecular flexibility index (Phi) is 2.46. The van der Waals surface area contributed by atoms with Gasteiger partial charge in [0.1, 0.15) is 0 Å². The van der Waals surface area contributed by atoms with Gasteiger partial charge in [0.25, 0.3) is 0 Å². The van der Waals surface area contributed by atoms with Crippen LogP contribution in [0.25, 0.3) is 0 Å². The van der Waals surface area contributed by atoms with E-state index in [0.29, 0.717) is 0 Å². The minimum Gasteiger partial charge on any atom is -0.304 e. The summed E-state index contributed by atoms with van der Waals surface area (Å²) in [5, 5.41) is 4.66. The number of hydrogen-bond donors (Lipinski definition) is 1. The Labute approximate surface area is 98.6 Å². The predicted octanol–water partition coefficient (Wildman–Crippen LogP) is 2.08. The van der Waals surface area contributed by atoms with E-state index in [-0.39, 0.29) is 6.04 Å². The molecule has 0 bridgehead atoms. The molecule has 0 spiro atoms. The Hall–Kier alpha value is -1.26. The zero-order valence-electron chi connectivity index (χ0n) is 9.10. The van der Waals surface area contributed by atoms with Gasteiger partial charge < -0.3 is 5.32 Å². The highest BCUT2D eigenvalue weighted by Crippen LogP contribution is 2.31. The number of rotatable bonds is 1. The summed E-state index contributed by atoms with van der Waals surface area (Å²) in [5.74, 6) is 0. The summed E-state index contributed by atoms with van der Waals surface area (Å²) in [6, 6.07) is 6.29. The third kappa shape index (κ3) is 1.64. The zero-order chi connectivity index (χ0) is 11.0. The van der Waals surface area contributed by atoms with Gasteiger partial charge in [-0.1, -0.05) is 6.07 Å². The minimum atomic E-state index is 0.233. The van der Waals surface area contributed by atoms with Gasteiger partial charge in [-0.3, -0.25) is 4.98 Å². The van der Waals surface area contributed by atoms with Crippen molar-refractivity contribution in [1.29, 1.82) is 0 Å². The number of aryl methyl sites for hydroxylation is 1. The third-order valence-corrected chi connectivity index (χ3v) is 3.87. The van der Waals surface area contributed by atoms with Crippen LogP contribution >= 0.6 is 11.3 Å². The minimum absolute atomic E-state index is 0.233. The van der Waals surface area contributed by atoms with Crippen molar-refractivity contribution < 1.29 is 0 Å². The highest BCUT2D eigenvalue weighted by molar-refractivity contribution is 7.11. The van der Waals surface area contributed by atoms with Gasteiger partial charge in [-0.25, -0.2) is 4.98 Å². The molecule has 0 fully saturated rings. The lowest BCUT2D eigenvalue weighted by Gasteiger charge is -2.22. The summed E-state index contributed by atoms with van der Waals surface area (Å²) in [4.78, 5) is 10.3. The second kappa shape index (κ2) is 3.96. The molecule has 0 amide bonds. The lowest BCUT2D eigenvalue weighted by atomic mass is 10.0. The van der Waals surface area contributed by atoms with Crippen LogP contribution in [0.1, 0.15) is 27.3 Å². The number of fused-ring (bicyclic) bond motifs is 1. The van der Waals surface area contributed by atoms with Crippen molar-refractivity contribution in [3.05, 3.63) is 45.7 Å². The van der Waals surface area contributed by atoms with Crippen LogP contribution in [0.2, 0.25) is 0 Å². The molecule has 0 aliphatic carbocycles. The quantitative estimate of drug-likeness (QED) is 0.816. The number of nitrogens with one attached hydrogen (secondary N) is 1. The summed E-state index contributed by atoms with van der Waals surface area (Å²) >= 11 is 1.78. The van der Waals surface area contributed by atoms with Crippen molar-refractivity contribution >= 4 is 11.3 Å². The molecule has 2 aromatic heterocycles. The third-order valence-electron chi connectivity index (χ3n) is 2.79. The Morgan fingerprint density at radius 2 is 2.38 bits per heavy atom. The molecule has 2 aromatic rings. The first-order valence-electron chi connectivity index (χ1n) is 5.45. The summed E-state index contributed by atoms with van der Waals surface area (Å²) in [6.45, 7) is 3.05. The molecule has 3 rings (SSSR count). The highest BCUT2D eigenvalue weighted by atomic mass is 32.1. The van der Waals surface area contributed by atoms with Gasteiger partial charge in [-0.15, -0.1) is 11.3 Å². The van der Waals surface area contributed by atoms with Crippen molar-refractivity contribution in [3.8, 4) is 0 Å². The topological polar surface area (TPSA) is 37.8 Å². The predicted molar refractivity (Wildman–Crippen MR) is 64.6 cm³/mol. The standard InChI is InChI=1S/C12H13N3S/c1-8-15-10-5-7-14-11(12(10)16-8)9-4-2-3-6-13-9/h2-4,6,11,14H,5,7H2,1H3. The van der Waals surface area contributed by atoms with Crippen LogP contribution < -0.4 is 5.32 Å². The first-order valence-corrected chi connectivity index (χ1v) is 6.27. The number of nitrogens with zero attached hydrogens (tertiary/aromatic N) is 2. The molecule has 3 heterocycles. The van der Waals surface area contributed by atoms with Crippen LogP contribution in [-0.2, 0) is 6.42 Å². The number of hydrogen-bond acceptors (Lipinski definition) is 4. The molecule has 1 atom stereocenters. The van der Waals surface area contributed by atoms with Crippen LogP contribution in [0.3, 0.4) is 0 Å². The average molecular weight is 231 g/mol. The van der Waals surface area contributed by atoms with Crippen molar-refractivity contribution in [2.24, 2.45) is 0 Å². The number of pyridine rings is 1. The normalized spacial score (nSPS) is 19.4. The molecule has 1 aliphatic heterocycles. The molecule has 0 saturated carbocycles. The molecular formula is C12H13N3S. The highest BCUT2D eigenvalue weighted by Gasteiger charge is 2.25. The van der Waals surface area contributed by atoms with Crippen molar-refractivity contribution in [2.75, 3.05) is 6.54 Å². The van der Waals surface area contributed by atoms with Gasteiger partial charge in [-0.05, 0) is 19.1 Å². The van der Waals surface area contributed by atoms with E-state index in [0.717, 1.165) is 23.7 Å². The molecule has 1 aliphatic rings. The molecule has 1 N–H and O–H groups in total. The van der Waals surface area contributed by atoms with E-state index in [1.807, 2.05) is 18.3 Å². The van der Waals surface area contributed by atoms with Crippen molar-refractivity contribution in [2.45, 2.75) is 19.4 Å². The number of aromatic nitrogens is 2. The smallest absolute Gasteiger partial charge is 0.0900 e. The maximum Gasteiger partial charge on any atom is 0.0900 e. The van der Waals surface area contributed by atoms with E-state index in [1.165, 1.54) is 10.6 Å². The monoisotopic (exact) mass is 231 g/mol. The van der Waals surface area contributed by atoms with E-state index in [9.17, 15) is 0 Å². The van der Waals surface area contributed by atoms with Gasteiger partial charge in [-0.2, -0.15) is 0 Å². The maximum atomic E-state index is 4.58. The molecule has 1 unspecified atom stereocenters. The Morgan fingerprint density at radius 3 is 3.19 bits per heavy atom. The molecular weight excluding hydrogens is 218 g/mol. The molecule has 4 heteroatoms. The molecule has 16 heavy (non-hydrogen) atoms. The van der Waals surface area contributed by atoms with E-state index in [2.05, 4.69) is 28.3 Å². The fourth-order valence-corrected chi connectivity index (χ4v) is 3.17. The molecule has 0 radical (unpaired) electrons. The largest absolute Gasteiger partial charge is 0.304 e. The van der Waals surface area contributed by atoms with Crippen LogP contribution in [0, 0.1) is 6.92 Å². The molecule has 0 aromatic carbocycles. The van der Waals surface area contributed by atoms with Crippen molar-refractivity contribution in [3.63, 3.8) is 0 Å². The second-order valence-electron chi connectivity index (χ2n) is 3.94. The first-order chi connectivity index (χ1) is 7.84. The zero-order valence-corrected chi connectivity index (χ0v) is 9.92. The van der Waals surface area contributed by atoms with E-state index < -0.39 is 0 Å². The van der Waals surface area contributed by atoms with Crippen molar-refractivity contribution in [1.82, 2.24) is 15.3 Å². The molecule has 82 valence electrons.